The van der Waals surface area contributed by atoms with E-state index in [2.05, 4.69) is 39.9 Å². The van der Waals surface area contributed by atoms with E-state index in [0.29, 0.717) is 5.69 Å². The largest absolute Gasteiger partial charge is 0.453 e. The summed E-state index contributed by atoms with van der Waals surface area (Å²) in [5.74, 6) is 0.938. The summed E-state index contributed by atoms with van der Waals surface area (Å²) >= 11 is 0. The van der Waals surface area contributed by atoms with Gasteiger partial charge in [-0.15, -0.1) is 0 Å². The van der Waals surface area contributed by atoms with Gasteiger partial charge in [-0.3, -0.25) is 5.32 Å². The Morgan fingerprint density at radius 2 is 2.04 bits per heavy atom. The molecule has 0 saturated carbocycles. The normalized spacial score (nSPS) is 12.2. The van der Waals surface area contributed by atoms with Gasteiger partial charge in [0.05, 0.1) is 12.8 Å². The van der Waals surface area contributed by atoms with Gasteiger partial charge in [0.1, 0.15) is 5.82 Å². The number of nitrogens with zero attached hydrogens (tertiary/aromatic N) is 2. The Kier molecular flexibility index (Phi) is 3.76. The number of amides is 1. The van der Waals surface area contributed by atoms with Crippen molar-refractivity contribution in [1.82, 2.24) is 9.55 Å². The molecule has 25 heavy (non-hydrogen) atoms. The lowest BCUT2D eigenvalue weighted by Crippen LogP contribution is -2.13. The van der Waals surface area contributed by atoms with Crippen molar-refractivity contribution in [1.29, 1.82) is 0 Å². The van der Waals surface area contributed by atoms with Crippen LogP contribution in [-0.2, 0) is 17.7 Å². The first kappa shape index (κ1) is 15.4. The van der Waals surface area contributed by atoms with Crippen LogP contribution in [-0.4, -0.2) is 22.8 Å². The number of benzene rings is 2. The highest BCUT2D eigenvalue weighted by Crippen LogP contribution is 2.34. The van der Waals surface area contributed by atoms with Crippen LogP contribution in [0.1, 0.15) is 11.1 Å². The van der Waals surface area contributed by atoms with Crippen molar-refractivity contribution < 1.29 is 9.53 Å². The Bertz CT molecular complexity index is 959. The Hall–Kier alpha value is -3.08. The second-order valence-electron chi connectivity index (χ2n) is 6.20. The summed E-state index contributed by atoms with van der Waals surface area (Å²) in [4.78, 5) is 16.3. The van der Waals surface area contributed by atoms with Crippen molar-refractivity contribution in [2.45, 2.75) is 19.9 Å². The summed E-state index contributed by atoms with van der Waals surface area (Å²) in [6.07, 6.45) is 2.59. The summed E-state index contributed by atoms with van der Waals surface area (Å²) in [5, 5.41) is 2.72. The van der Waals surface area contributed by atoms with Crippen LogP contribution in [0.3, 0.4) is 0 Å². The second kappa shape index (κ2) is 6.09. The van der Waals surface area contributed by atoms with Crippen LogP contribution in [0.4, 0.5) is 10.5 Å². The molecule has 0 atom stereocenters. The number of aryl methyl sites for hydroxylation is 3. The SMILES string of the molecule is COC(=O)Nc1ccc2c(c1)-c1nc(-c3ccccc3C)cn1CC2. The van der Waals surface area contributed by atoms with Crippen LogP contribution >= 0.6 is 0 Å². The molecule has 0 aliphatic carbocycles. The van der Waals surface area contributed by atoms with E-state index in [-0.39, 0.29) is 0 Å². The first-order valence-electron chi connectivity index (χ1n) is 8.27. The summed E-state index contributed by atoms with van der Waals surface area (Å²) in [6.45, 7) is 3.00. The first-order valence-corrected chi connectivity index (χ1v) is 8.27. The molecule has 1 N–H and O–H groups in total. The minimum Gasteiger partial charge on any atom is -0.453 e. The number of methoxy groups -OCH3 is 1. The number of nitrogens with one attached hydrogen (secondary N) is 1. The predicted octanol–water partition coefficient (Wildman–Crippen LogP) is 4.26. The highest BCUT2D eigenvalue weighted by atomic mass is 16.5. The number of hydrogen-bond donors (Lipinski definition) is 1. The van der Waals surface area contributed by atoms with Crippen LogP contribution in [0, 0.1) is 6.92 Å². The van der Waals surface area contributed by atoms with Gasteiger partial charge in [-0.05, 0) is 36.6 Å². The van der Waals surface area contributed by atoms with Gasteiger partial charge >= 0.3 is 6.09 Å². The molecule has 0 fully saturated rings. The summed E-state index contributed by atoms with van der Waals surface area (Å²) in [7, 11) is 1.36. The molecule has 0 bridgehead atoms. The van der Waals surface area contributed by atoms with E-state index in [9.17, 15) is 4.79 Å². The molecule has 1 amide bonds. The van der Waals surface area contributed by atoms with Crippen LogP contribution in [0.15, 0.2) is 48.7 Å². The van der Waals surface area contributed by atoms with Gasteiger partial charge in [0.2, 0.25) is 0 Å². The number of aromatic nitrogens is 2. The Labute approximate surface area is 146 Å². The van der Waals surface area contributed by atoms with Gasteiger partial charge in [-0.2, -0.15) is 0 Å². The topological polar surface area (TPSA) is 56.1 Å². The van der Waals surface area contributed by atoms with Crippen LogP contribution < -0.4 is 5.32 Å². The molecule has 4 rings (SSSR count). The zero-order valence-electron chi connectivity index (χ0n) is 14.2. The average Bonchev–Trinajstić information content (AvgIpc) is 3.06. The number of ether oxygens (including phenoxy) is 1. The van der Waals surface area contributed by atoms with E-state index in [0.717, 1.165) is 35.6 Å². The molecule has 1 aliphatic rings. The van der Waals surface area contributed by atoms with Gasteiger partial charge in [0, 0.05) is 29.6 Å². The fraction of sp³-hybridized carbons (Fsp3) is 0.200. The Morgan fingerprint density at radius 1 is 1.20 bits per heavy atom. The van der Waals surface area contributed by atoms with Gasteiger partial charge in [-0.25, -0.2) is 9.78 Å². The predicted molar refractivity (Wildman–Crippen MR) is 97.6 cm³/mol. The molecule has 2 heterocycles. The maximum absolute atomic E-state index is 11.5. The zero-order valence-corrected chi connectivity index (χ0v) is 14.2. The molecule has 5 nitrogen and oxygen atoms in total. The van der Waals surface area contributed by atoms with E-state index in [1.54, 1.807) is 0 Å². The smallest absolute Gasteiger partial charge is 0.411 e. The zero-order chi connectivity index (χ0) is 17.4. The van der Waals surface area contributed by atoms with Crippen molar-refractivity contribution >= 4 is 11.8 Å². The highest BCUT2D eigenvalue weighted by molar-refractivity contribution is 5.86. The number of imidazole rings is 1. The fourth-order valence-corrected chi connectivity index (χ4v) is 3.28. The van der Waals surface area contributed by atoms with E-state index in [1.165, 1.54) is 18.2 Å². The number of carbonyl (C=O) groups excluding carboxylic acids is 1. The van der Waals surface area contributed by atoms with E-state index >= 15 is 0 Å². The molecule has 1 aromatic heterocycles. The molecule has 0 radical (unpaired) electrons. The summed E-state index contributed by atoms with van der Waals surface area (Å²) in [6, 6.07) is 14.2. The molecule has 3 aromatic rings. The molecule has 0 unspecified atom stereocenters. The quantitative estimate of drug-likeness (QED) is 0.762. The highest BCUT2D eigenvalue weighted by Gasteiger charge is 2.20. The minimum absolute atomic E-state index is 0.472. The first-order chi connectivity index (χ1) is 12.2. The monoisotopic (exact) mass is 333 g/mol. The summed E-state index contributed by atoms with van der Waals surface area (Å²) in [5.41, 5.74) is 6.34. The third-order valence-corrected chi connectivity index (χ3v) is 4.60. The third-order valence-electron chi connectivity index (χ3n) is 4.60. The number of hydrogen-bond acceptors (Lipinski definition) is 3. The van der Waals surface area contributed by atoms with Crippen molar-refractivity contribution in [2.75, 3.05) is 12.4 Å². The number of rotatable bonds is 2. The van der Waals surface area contributed by atoms with Crippen molar-refractivity contribution in [3.05, 3.63) is 59.8 Å². The molecule has 1 aliphatic heterocycles. The Balaban J connectivity index is 1.77. The van der Waals surface area contributed by atoms with Crippen molar-refractivity contribution in [2.24, 2.45) is 0 Å². The fourth-order valence-electron chi connectivity index (χ4n) is 3.28. The van der Waals surface area contributed by atoms with E-state index < -0.39 is 6.09 Å². The van der Waals surface area contributed by atoms with Gasteiger partial charge in [-0.1, -0.05) is 30.3 Å². The maximum atomic E-state index is 11.5. The molecule has 0 spiro atoms. The number of carbonyl (C=O) groups is 1. The van der Waals surface area contributed by atoms with E-state index in [4.69, 9.17) is 4.98 Å². The lowest BCUT2D eigenvalue weighted by molar-refractivity contribution is 0.187. The second-order valence-corrected chi connectivity index (χ2v) is 6.20. The molecule has 126 valence electrons. The lowest BCUT2D eigenvalue weighted by atomic mass is 10.00. The number of anilines is 1. The van der Waals surface area contributed by atoms with Crippen LogP contribution in [0.2, 0.25) is 0 Å². The molecular weight excluding hydrogens is 314 g/mol. The van der Waals surface area contributed by atoms with Crippen LogP contribution in [0.25, 0.3) is 22.6 Å². The lowest BCUT2D eigenvalue weighted by Gasteiger charge is -2.18. The van der Waals surface area contributed by atoms with Crippen LogP contribution in [0.5, 0.6) is 0 Å². The molecule has 0 saturated heterocycles. The van der Waals surface area contributed by atoms with Gasteiger partial charge in [0.25, 0.3) is 0 Å². The van der Waals surface area contributed by atoms with Crippen molar-refractivity contribution in [3.8, 4) is 22.6 Å². The van der Waals surface area contributed by atoms with Gasteiger partial charge in [0.15, 0.2) is 0 Å². The standard InChI is InChI=1S/C20H19N3O2/c1-13-5-3-4-6-16(13)18-12-23-10-9-14-7-8-15(21-20(24)25-2)11-17(14)19(23)22-18/h3-8,11-12H,9-10H2,1-2H3,(H,21,24). The van der Waals surface area contributed by atoms with Gasteiger partial charge < -0.3 is 9.30 Å². The molecule has 2 aromatic carbocycles. The Morgan fingerprint density at radius 3 is 2.84 bits per heavy atom. The average molecular weight is 333 g/mol. The van der Waals surface area contributed by atoms with E-state index in [1.807, 2.05) is 30.3 Å². The maximum Gasteiger partial charge on any atom is 0.411 e. The van der Waals surface area contributed by atoms with Crippen molar-refractivity contribution in [3.63, 3.8) is 0 Å². The summed E-state index contributed by atoms with van der Waals surface area (Å²) < 4.78 is 6.86. The third kappa shape index (κ3) is 2.78. The number of fused-ring (bicyclic) bond motifs is 3. The molecule has 5 heteroatoms. The molecular formula is C20H19N3O2. The minimum atomic E-state index is -0.472.